The lowest BCUT2D eigenvalue weighted by Gasteiger charge is -2.35. The van der Waals surface area contributed by atoms with Gasteiger partial charge in [0.25, 0.3) is 5.91 Å². The van der Waals surface area contributed by atoms with Crippen LogP contribution in [0.2, 0.25) is 0 Å². The molecular weight excluding hydrogens is 256 g/mol. The second-order valence-electron chi connectivity index (χ2n) is 4.89. The van der Waals surface area contributed by atoms with Crippen LogP contribution in [0.25, 0.3) is 0 Å². The van der Waals surface area contributed by atoms with Crippen molar-refractivity contribution in [2.24, 2.45) is 0 Å². The number of aromatic nitrogens is 1. The van der Waals surface area contributed by atoms with Crippen LogP contribution in [0.4, 0.5) is 0 Å². The normalized spacial score (nSPS) is 22.1. The molecule has 0 aromatic carbocycles. The average Bonchev–Trinajstić information content (AvgIpc) is 2.43. The molecule has 2 atom stereocenters. The summed E-state index contributed by atoms with van der Waals surface area (Å²) in [5, 5.41) is 8.69. The van der Waals surface area contributed by atoms with Crippen LogP contribution in [0.1, 0.15) is 29.8 Å². The zero-order valence-corrected chi connectivity index (χ0v) is 11.7. The van der Waals surface area contributed by atoms with Gasteiger partial charge in [-0.2, -0.15) is 0 Å². The number of carbonyl (C=O) groups excluding carboxylic acids is 1. The molecule has 106 valence electrons. The van der Waals surface area contributed by atoms with Crippen molar-refractivity contribution < 1.29 is 14.6 Å². The van der Waals surface area contributed by atoms with Gasteiger partial charge in [-0.1, -0.05) is 11.8 Å². The Labute approximate surface area is 118 Å². The third kappa shape index (κ3) is 3.56. The van der Waals surface area contributed by atoms with Crippen molar-refractivity contribution >= 4 is 5.91 Å². The molecule has 1 aliphatic heterocycles. The number of morpholine rings is 1. The largest absolute Gasteiger partial charge is 0.384 e. The molecule has 0 saturated carbocycles. The standard InChI is InChI=1S/C15H18N2O3/c1-11-9-17(10-12(2)20-11)15(19)14-6-13(4-3-5-18)7-16-8-14/h6-8,11-12,18H,5,9-10H2,1-2H3. The second-order valence-corrected chi connectivity index (χ2v) is 4.89. The Kier molecular flexibility index (Phi) is 4.72. The van der Waals surface area contributed by atoms with Crippen LogP contribution >= 0.6 is 0 Å². The van der Waals surface area contributed by atoms with Gasteiger partial charge in [0.05, 0.1) is 17.8 Å². The summed E-state index contributed by atoms with van der Waals surface area (Å²) in [7, 11) is 0. The summed E-state index contributed by atoms with van der Waals surface area (Å²) in [4.78, 5) is 18.3. The molecule has 1 aliphatic rings. The lowest BCUT2D eigenvalue weighted by molar-refractivity contribution is -0.0586. The van der Waals surface area contributed by atoms with Crippen molar-refractivity contribution in [3.8, 4) is 11.8 Å². The Balaban J connectivity index is 2.16. The summed E-state index contributed by atoms with van der Waals surface area (Å²) < 4.78 is 5.62. The van der Waals surface area contributed by atoms with Crippen molar-refractivity contribution in [1.29, 1.82) is 0 Å². The lowest BCUT2D eigenvalue weighted by atomic mass is 10.1. The van der Waals surface area contributed by atoms with Crippen LogP contribution in [-0.4, -0.2) is 52.8 Å². The molecule has 1 amide bonds. The maximum atomic E-state index is 12.4. The number of aliphatic hydroxyl groups is 1. The predicted octanol–water partition coefficient (Wildman–Crippen LogP) is 0.675. The maximum Gasteiger partial charge on any atom is 0.255 e. The highest BCUT2D eigenvalue weighted by Crippen LogP contribution is 2.14. The Hall–Kier alpha value is -1.90. The number of rotatable bonds is 1. The molecule has 0 bridgehead atoms. The highest BCUT2D eigenvalue weighted by molar-refractivity contribution is 5.94. The topological polar surface area (TPSA) is 62.7 Å². The van der Waals surface area contributed by atoms with Gasteiger partial charge in [-0.25, -0.2) is 0 Å². The minimum atomic E-state index is -0.212. The number of nitrogens with zero attached hydrogens (tertiary/aromatic N) is 2. The van der Waals surface area contributed by atoms with Crippen LogP contribution in [0.5, 0.6) is 0 Å². The fraction of sp³-hybridized carbons (Fsp3) is 0.467. The number of aliphatic hydroxyl groups excluding tert-OH is 1. The average molecular weight is 274 g/mol. The van der Waals surface area contributed by atoms with Crippen LogP contribution in [-0.2, 0) is 4.74 Å². The first kappa shape index (κ1) is 14.5. The van der Waals surface area contributed by atoms with Gasteiger partial charge in [0.2, 0.25) is 0 Å². The van der Waals surface area contributed by atoms with Gasteiger partial charge in [-0.3, -0.25) is 9.78 Å². The second kappa shape index (κ2) is 6.51. The zero-order chi connectivity index (χ0) is 14.5. The molecule has 2 rings (SSSR count). The predicted molar refractivity (Wildman–Crippen MR) is 74.1 cm³/mol. The van der Waals surface area contributed by atoms with E-state index < -0.39 is 0 Å². The monoisotopic (exact) mass is 274 g/mol. The maximum absolute atomic E-state index is 12.4. The molecule has 1 fully saturated rings. The molecule has 5 heteroatoms. The Morgan fingerprint density at radius 1 is 1.45 bits per heavy atom. The highest BCUT2D eigenvalue weighted by Gasteiger charge is 2.26. The summed E-state index contributed by atoms with van der Waals surface area (Å²) in [6.45, 7) is 4.86. The molecule has 0 spiro atoms. The van der Waals surface area contributed by atoms with Gasteiger partial charge < -0.3 is 14.7 Å². The summed E-state index contributed by atoms with van der Waals surface area (Å²) in [5.74, 6) is 5.23. The van der Waals surface area contributed by atoms with Gasteiger partial charge in [-0.15, -0.1) is 0 Å². The number of carbonyl (C=O) groups is 1. The quantitative estimate of drug-likeness (QED) is 0.765. The Bertz CT molecular complexity index is 538. The third-order valence-electron chi connectivity index (χ3n) is 3.00. The molecule has 20 heavy (non-hydrogen) atoms. The van der Waals surface area contributed by atoms with E-state index in [0.717, 1.165) is 0 Å². The molecule has 2 unspecified atom stereocenters. The van der Waals surface area contributed by atoms with E-state index >= 15 is 0 Å². The van der Waals surface area contributed by atoms with Crippen molar-refractivity contribution in [3.05, 3.63) is 29.6 Å². The van der Waals surface area contributed by atoms with Crippen LogP contribution in [0.15, 0.2) is 18.5 Å². The van der Waals surface area contributed by atoms with Crippen LogP contribution in [0, 0.1) is 11.8 Å². The highest BCUT2D eigenvalue weighted by atomic mass is 16.5. The fourth-order valence-corrected chi connectivity index (χ4v) is 2.29. The SMILES string of the molecule is CC1CN(C(=O)c2cncc(C#CCO)c2)CC(C)O1. The molecule has 1 N–H and O–H groups in total. The number of hydrogen-bond acceptors (Lipinski definition) is 4. The molecular formula is C15H18N2O3. The van der Waals surface area contributed by atoms with E-state index in [1.807, 2.05) is 13.8 Å². The van der Waals surface area contributed by atoms with Crippen molar-refractivity contribution in [2.45, 2.75) is 26.1 Å². The van der Waals surface area contributed by atoms with Crippen molar-refractivity contribution in [3.63, 3.8) is 0 Å². The summed E-state index contributed by atoms with van der Waals surface area (Å²) in [6, 6.07) is 1.70. The van der Waals surface area contributed by atoms with Crippen molar-refractivity contribution in [2.75, 3.05) is 19.7 Å². The van der Waals surface area contributed by atoms with E-state index in [9.17, 15) is 4.79 Å². The molecule has 1 saturated heterocycles. The van der Waals surface area contributed by atoms with Gasteiger partial charge >= 0.3 is 0 Å². The molecule has 1 aromatic heterocycles. The van der Waals surface area contributed by atoms with Crippen LogP contribution in [0.3, 0.4) is 0 Å². The Morgan fingerprint density at radius 3 is 2.80 bits per heavy atom. The third-order valence-corrected chi connectivity index (χ3v) is 3.00. The van der Waals surface area contributed by atoms with Crippen molar-refractivity contribution in [1.82, 2.24) is 9.88 Å². The lowest BCUT2D eigenvalue weighted by Crippen LogP contribution is -2.48. The number of ether oxygens (including phenoxy) is 1. The number of pyridine rings is 1. The number of amides is 1. The van der Waals surface area contributed by atoms with E-state index in [1.165, 1.54) is 6.20 Å². The molecule has 1 aromatic rings. The fourth-order valence-electron chi connectivity index (χ4n) is 2.29. The van der Waals surface area contributed by atoms with E-state index in [-0.39, 0.29) is 24.7 Å². The van der Waals surface area contributed by atoms with Gasteiger partial charge in [0.15, 0.2) is 0 Å². The van der Waals surface area contributed by atoms with Gasteiger partial charge in [-0.05, 0) is 19.9 Å². The minimum absolute atomic E-state index is 0.0352. The smallest absolute Gasteiger partial charge is 0.255 e. The first-order valence-corrected chi connectivity index (χ1v) is 6.59. The van der Waals surface area contributed by atoms with E-state index in [2.05, 4.69) is 16.8 Å². The minimum Gasteiger partial charge on any atom is -0.384 e. The summed E-state index contributed by atoms with van der Waals surface area (Å²) in [5.41, 5.74) is 1.13. The summed E-state index contributed by atoms with van der Waals surface area (Å²) in [6.07, 6.45) is 3.18. The summed E-state index contributed by atoms with van der Waals surface area (Å²) >= 11 is 0. The van der Waals surface area contributed by atoms with Gasteiger partial charge in [0.1, 0.15) is 6.61 Å². The van der Waals surface area contributed by atoms with Gasteiger partial charge in [0, 0.05) is 31.0 Å². The number of hydrogen-bond donors (Lipinski definition) is 1. The molecule has 5 nitrogen and oxygen atoms in total. The molecule has 0 radical (unpaired) electrons. The first-order valence-electron chi connectivity index (χ1n) is 6.59. The first-order chi connectivity index (χ1) is 9.60. The molecule has 0 aliphatic carbocycles. The van der Waals surface area contributed by atoms with E-state index in [1.54, 1.807) is 17.2 Å². The van der Waals surface area contributed by atoms with E-state index in [0.29, 0.717) is 24.2 Å². The van der Waals surface area contributed by atoms with Crippen LogP contribution < -0.4 is 0 Å². The van der Waals surface area contributed by atoms with E-state index in [4.69, 9.17) is 9.84 Å². The molecule has 2 heterocycles. The zero-order valence-electron chi connectivity index (χ0n) is 11.7. The Morgan fingerprint density at radius 2 is 2.15 bits per heavy atom.